The molecule has 13 heteroatoms. The zero-order valence-electron chi connectivity index (χ0n) is 20.7. The number of benzene rings is 2. The van der Waals surface area contributed by atoms with E-state index in [1.807, 2.05) is 10.7 Å². The second kappa shape index (κ2) is 9.83. The van der Waals surface area contributed by atoms with Gasteiger partial charge in [-0.2, -0.15) is 18.3 Å². The van der Waals surface area contributed by atoms with Crippen LogP contribution in [-0.2, 0) is 27.5 Å². The Hall–Kier alpha value is -3.64. The predicted octanol–water partition coefficient (Wildman–Crippen LogP) is 5.93. The second-order valence-corrected chi connectivity index (χ2v) is 11.5. The van der Waals surface area contributed by atoms with Crippen LogP contribution in [0.25, 0.3) is 10.9 Å². The Morgan fingerprint density at radius 3 is 2.51 bits per heavy atom. The summed E-state index contributed by atoms with van der Waals surface area (Å²) in [4.78, 5) is 15.6. The fourth-order valence-electron chi connectivity index (χ4n) is 4.32. The van der Waals surface area contributed by atoms with E-state index in [9.17, 15) is 26.4 Å². The molecule has 39 heavy (non-hydrogen) atoms. The van der Waals surface area contributed by atoms with Gasteiger partial charge >= 0.3 is 12.1 Å². The van der Waals surface area contributed by atoms with Crippen LogP contribution < -0.4 is 4.31 Å². The predicted molar refractivity (Wildman–Crippen MR) is 138 cm³/mol. The normalized spacial score (nSPS) is 14.0. The van der Waals surface area contributed by atoms with Gasteiger partial charge in [-0.05, 0) is 67.3 Å². The van der Waals surface area contributed by atoms with Crippen LogP contribution in [0.5, 0.6) is 0 Å². The summed E-state index contributed by atoms with van der Waals surface area (Å²) in [5.41, 5.74) is 0.705. The van der Waals surface area contributed by atoms with Crippen LogP contribution in [-0.4, -0.2) is 36.3 Å². The average molecular weight is 579 g/mol. The molecule has 204 valence electrons. The summed E-state index contributed by atoms with van der Waals surface area (Å²) in [5, 5.41) is 4.73. The summed E-state index contributed by atoms with van der Waals surface area (Å²) in [6.45, 7) is 1.22. The van der Waals surface area contributed by atoms with E-state index in [4.69, 9.17) is 16.3 Å². The maximum Gasteiger partial charge on any atom is 0.417 e. The number of ether oxygens (including phenoxy) is 1. The molecule has 2 aromatic heterocycles. The Kier molecular flexibility index (Phi) is 6.79. The number of carbonyl (C=O) groups is 1. The van der Waals surface area contributed by atoms with Crippen molar-refractivity contribution in [2.75, 3.05) is 11.4 Å². The van der Waals surface area contributed by atoms with Gasteiger partial charge in [0.15, 0.2) is 5.82 Å². The van der Waals surface area contributed by atoms with Gasteiger partial charge in [0.2, 0.25) is 0 Å². The number of rotatable bonds is 7. The molecule has 0 bridgehead atoms. The maximum atomic E-state index is 14.0. The summed E-state index contributed by atoms with van der Waals surface area (Å²) in [7, 11) is -3.22. The Labute approximate surface area is 227 Å². The molecule has 2 aromatic carbocycles. The molecule has 5 rings (SSSR count). The van der Waals surface area contributed by atoms with Gasteiger partial charge in [0.1, 0.15) is 0 Å². The third-order valence-electron chi connectivity index (χ3n) is 6.43. The monoisotopic (exact) mass is 578 g/mol. The summed E-state index contributed by atoms with van der Waals surface area (Å²) in [5.74, 6) is -1.01. The molecule has 1 saturated carbocycles. The molecule has 0 unspecified atom stereocenters. The van der Waals surface area contributed by atoms with E-state index >= 15 is 0 Å². The van der Waals surface area contributed by atoms with E-state index < -0.39 is 32.8 Å². The fraction of sp³-hybridized carbons (Fsp3) is 0.269. The topological polar surface area (TPSA) is 94.4 Å². The van der Waals surface area contributed by atoms with E-state index in [1.54, 1.807) is 18.3 Å². The first-order valence-electron chi connectivity index (χ1n) is 11.8. The van der Waals surface area contributed by atoms with Gasteiger partial charge in [0.25, 0.3) is 10.0 Å². The molecule has 4 aromatic rings. The number of alkyl halides is 3. The molecule has 1 aliphatic carbocycles. The van der Waals surface area contributed by atoms with E-state index in [0.29, 0.717) is 23.9 Å². The van der Waals surface area contributed by atoms with Gasteiger partial charge < -0.3 is 4.74 Å². The number of sulfonamides is 1. The van der Waals surface area contributed by atoms with E-state index in [-0.39, 0.29) is 28.4 Å². The molecule has 1 fully saturated rings. The SMILES string of the molecule is COC(=O)c1ccc(S(=O)(=O)N(Cc2ccc3c(cnn3C3CC3)c2)c2ncc(C(F)(F)F)cc2Cl)c(C)c1. The van der Waals surface area contributed by atoms with Gasteiger partial charge in [-0.25, -0.2) is 22.5 Å². The number of aryl methyl sites for hydroxylation is 1. The zero-order valence-corrected chi connectivity index (χ0v) is 22.3. The third-order valence-corrected chi connectivity index (χ3v) is 8.60. The number of halogens is 4. The van der Waals surface area contributed by atoms with Crippen molar-refractivity contribution in [2.24, 2.45) is 0 Å². The Morgan fingerprint density at radius 1 is 1.15 bits per heavy atom. The van der Waals surface area contributed by atoms with Gasteiger partial charge in [-0.1, -0.05) is 17.7 Å². The minimum absolute atomic E-state index is 0.143. The number of methoxy groups -OCH3 is 1. The number of nitrogens with zero attached hydrogens (tertiary/aromatic N) is 4. The molecule has 0 amide bonds. The first kappa shape index (κ1) is 26.9. The van der Waals surface area contributed by atoms with Crippen molar-refractivity contribution in [1.82, 2.24) is 14.8 Å². The molecule has 0 atom stereocenters. The molecule has 8 nitrogen and oxygen atoms in total. The van der Waals surface area contributed by atoms with Gasteiger partial charge in [-0.15, -0.1) is 0 Å². The number of hydrogen-bond donors (Lipinski definition) is 0. The second-order valence-electron chi connectivity index (χ2n) is 9.22. The standard InChI is InChI=1S/C26H22ClF3N4O4S/c1-15-9-17(25(35)38-2)4-8-23(15)39(36,37)33(24-21(27)11-19(13-31-24)26(28,29)30)14-16-3-7-22-18(10-16)12-32-34(22)20-5-6-20/h3-4,7-13,20H,5-6,14H2,1-2H3. The van der Waals surface area contributed by atoms with Crippen molar-refractivity contribution >= 4 is 44.3 Å². The molecule has 0 spiro atoms. The first-order chi connectivity index (χ1) is 18.4. The van der Waals surface area contributed by atoms with Gasteiger partial charge in [0, 0.05) is 11.6 Å². The molecule has 0 N–H and O–H groups in total. The smallest absolute Gasteiger partial charge is 0.417 e. The minimum atomic E-state index is -4.72. The van der Waals surface area contributed by atoms with Crippen LogP contribution in [0.2, 0.25) is 5.02 Å². The Bertz CT molecular complexity index is 1700. The van der Waals surface area contributed by atoms with Crippen LogP contribution in [0.3, 0.4) is 0 Å². The number of fused-ring (bicyclic) bond motifs is 1. The number of pyridine rings is 1. The van der Waals surface area contributed by atoms with Crippen molar-refractivity contribution in [3.05, 3.63) is 82.1 Å². The van der Waals surface area contributed by atoms with Gasteiger partial charge in [0.05, 0.1) is 52.5 Å². The largest absolute Gasteiger partial charge is 0.465 e. The van der Waals surface area contributed by atoms with Crippen molar-refractivity contribution in [3.63, 3.8) is 0 Å². The minimum Gasteiger partial charge on any atom is -0.465 e. The molecule has 0 radical (unpaired) electrons. The van der Waals surface area contributed by atoms with Gasteiger partial charge in [-0.3, -0.25) is 4.68 Å². The molecular formula is C26H22ClF3N4O4S. The van der Waals surface area contributed by atoms with E-state index in [0.717, 1.165) is 28.0 Å². The lowest BCUT2D eigenvalue weighted by atomic mass is 10.1. The highest BCUT2D eigenvalue weighted by molar-refractivity contribution is 7.92. The first-order valence-corrected chi connectivity index (χ1v) is 13.6. The number of aromatic nitrogens is 3. The lowest BCUT2D eigenvalue weighted by Crippen LogP contribution is -2.32. The van der Waals surface area contributed by atoms with Crippen molar-refractivity contribution in [2.45, 2.75) is 43.4 Å². The lowest BCUT2D eigenvalue weighted by molar-refractivity contribution is -0.137. The summed E-state index contributed by atoms with van der Waals surface area (Å²) >= 11 is 6.21. The van der Waals surface area contributed by atoms with E-state index in [2.05, 4.69) is 10.1 Å². The highest BCUT2D eigenvalue weighted by Crippen LogP contribution is 2.38. The number of hydrogen-bond acceptors (Lipinski definition) is 6. The highest BCUT2D eigenvalue weighted by Gasteiger charge is 2.35. The molecule has 0 aliphatic heterocycles. The molecular weight excluding hydrogens is 557 g/mol. The average Bonchev–Trinajstić information content (AvgIpc) is 3.64. The van der Waals surface area contributed by atoms with Crippen LogP contribution in [0, 0.1) is 6.92 Å². The summed E-state index contributed by atoms with van der Waals surface area (Å²) < 4.78 is 75.2. The Morgan fingerprint density at radius 2 is 1.90 bits per heavy atom. The van der Waals surface area contributed by atoms with Crippen LogP contribution in [0.15, 0.2) is 59.8 Å². The summed E-state index contributed by atoms with van der Waals surface area (Å²) in [6.07, 6.45) is -0.408. The fourth-order valence-corrected chi connectivity index (χ4v) is 6.28. The Balaban J connectivity index is 1.60. The number of carbonyl (C=O) groups excluding carboxylic acids is 1. The van der Waals surface area contributed by atoms with Crippen molar-refractivity contribution < 1.29 is 31.1 Å². The van der Waals surface area contributed by atoms with Crippen LogP contribution >= 0.6 is 11.6 Å². The van der Waals surface area contributed by atoms with Crippen LogP contribution in [0.4, 0.5) is 19.0 Å². The molecule has 1 aliphatic rings. The number of anilines is 1. The molecule has 2 heterocycles. The van der Waals surface area contributed by atoms with Crippen molar-refractivity contribution in [1.29, 1.82) is 0 Å². The highest BCUT2D eigenvalue weighted by atomic mass is 35.5. The summed E-state index contributed by atoms with van der Waals surface area (Å²) in [6, 6.07) is 10.2. The zero-order chi connectivity index (χ0) is 28.1. The maximum absolute atomic E-state index is 14.0. The van der Waals surface area contributed by atoms with Crippen molar-refractivity contribution in [3.8, 4) is 0 Å². The lowest BCUT2D eigenvalue weighted by Gasteiger charge is -2.26. The molecule has 0 saturated heterocycles. The van der Waals surface area contributed by atoms with Crippen LogP contribution in [0.1, 0.15) is 45.9 Å². The number of esters is 1. The third kappa shape index (κ3) is 5.18. The quantitative estimate of drug-likeness (QED) is 0.252. The van der Waals surface area contributed by atoms with E-state index in [1.165, 1.54) is 32.2 Å².